The molecule has 1 unspecified atom stereocenters. The first-order valence-corrected chi connectivity index (χ1v) is 14.2. The van der Waals surface area contributed by atoms with Gasteiger partial charge in [-0.1, -0.05) is 71.4 Å². The van der Waals surface area contributed by atoms with Gasteiger partial charge < -0.3 is 4.90 Å². The van der Waals surface area contributed by atoms with Crippen molar-refractivity contribution in [2.24, 2.45) is 0 Å². The van der Waals surface area contributed by atoms with Gasteiger partial charge in [0.25, 0.3) is 5.91 Å². The van der Waals surface area contributed by atoms with Crippen molar-refractivity contribution in [1.82, 2.24) is 9.88 Å². The van der Waals surface area contributed by atoms with E-state index in [2.05, 4.69) is 33.9 Å². The Morgan fingerprint density at radius 3 is 2.55 bits per heavy atom. The lowest BCUT2D eigenvalue weighted by atomic mass is 10.1. The third-order valence-corrected chi connectivity index (χ3v) is 7.76. The molecular weight excluding hydrogens is 564 g/mol. The number of carbonyl (C=O) groups is 3. The number of carbonyl (C=O) groups excluding carboxylic acids is 3. The van der Waals surface area contributed by atoms with Gasteiger partial charge in [-0.05, 0) is 54.8 Å². The minimum Gasteiger partial charge on any atom is -0.325 e. The monoisotopic (exact) mass is 590 g/mol. The molecule has 0 aliphatic carbocycles. The van der Waals surface area contributed by atoms with Gasteiger partial charge in [0.1, 0.15) is 17.1 Å². The van der Waals surface area contributed by atoms with Crippen LogP contribution >= 0.6 is 27.7 Å². The van der Waals surface area contributed by atoms with Crippen LogP contribution in [-0.4, -0.2) is 39.4 Å². The number of aryl methyl sites for hydroxylation is 1. The van der Waals surface area contributed by atoms with Gasteiger partial charge in [0.15, 0.2) is 0 Å². The number of hydrogen-bond donors (Lipinski definition) is 0. The lowest BCUT2D eigenvalue weighted by molar-refractivity contribution is -0.136. The molecule has 0 radical (unpaired) electrons. The van der Waals surface area contributed by atoms with E-state index in [1.54, 1.807) is 30.3 Å². The topological polar surface area (TPSA) is 94.4 Å². The summed E-state index contributed by atoms with van der Waals surface area (Å²) in [6.45, 7) is 2.29. The molecule has 1 aromatic heterocycles. The number of anilines is 1. The summed E-state index contributed by atoms with van der Waals surface area (Å²) in [4.78, 5) is 47.3. The molecule has 0 bridgehead atoms. The fourth-order valence-corrected chi connectivity index (χ4v) is 5.40. The Morgan fingerprint density at radius 1 is 1.13 bits per heavy atom. The van der Waals surface area contributed by atoms with E-state index in [1.807, 2.05) is 36.4 Å². The number of benzene rings is 2. The lowest BCUT2D eigenvalue weighted by Crippen LogP contribution is -2.45. The van der Waals surface area contributed by atoms with Crippen molar-refractivity contribution in [3.8, 4) is 6.07 Å². The number of pyridine rings is 1. The minimum absolute atomic E-state index is 0.0119. The quantitative estimate of drug-likeness (QED) is 0.228. The number of imide groups is 1. The third-order valence-electron chi connectivity index (χ3n) is 6.26. The number of halogens is 1. The zero-order chi connectivity index (χ0) is 27.1. The normalized spacial score (nSPS) is 15.0. The van der Waals surface area contributed by atoms with Crippen LogP contribution in [-0.2, 0) is 27.3 Å². The fourth-order valence-electron chi connectivity index (χ4n) is 4.26. The molecular formula is C29H27BrN4O3S. The fraction of sp³-hybridized carbons (Fsp3) is 0.276. The second-order valence-electron chi connectivity index (χ2n) is 8.93. The summed E-state index contributed by atoms with van der Waals surface area (Å²) in [7, 11) is 0. The molecule has 1 aliphatic rings. The summed E-state index contributed by atoms with van der Waals surface area (Å²) in [5, 5.41) is 10.1. The molecule has 7 nitrogen and oxygen atoms in total. The van der Waals surface area contributed by atoms with Gasteiger partial charge in [-0.25, -0.2) is 9.88 Å². The van der Waals surface area contributed by atoms with Crippen LogP contribution < -0.4 is 4.90 Å². The molecule has 0 N–H and O–H groups in total. The van der Waals surface area contributed by atoms with Crippen molar-refractivity contribution in [2.75, 3.05) is 10.7 Å². The molecule has 9 heteroatoms. The molecule has 3 aromatic rings. The number of unbranched alkanes of at least 4 members (excludes halogenated alkanes) is 1. The number of amides is 3. The highest BCUT2D eigenvalue weighted by Crippen LogP contribution is 2.29. The molecule has 194 valence electrons. The molecule has 1 fully saturated rings. The maximum absolute atomic E-state index is 13.6. The highest BCUT2D eigenvalue weighted by atomic mass is 79.9. The molecule has 1 saturated heterocycles. The van der Waals surface area contributed by atoms with Gasteiger partial charge >= 0.3 is 0 Å². The Labute approximate surface area is 235 Å². The molecule has 4 rings (SSSR count). The molecule has 2 heterocycles. The Hall–Kier alpha value is -3.48. The van der Waals surface area contributed by atoms with Gasteiger partial charge in [0.05, 0.1) is 23.4 Å². The molecule has 1 aliphatic heterocycles. The van der Waals surface area contributed by atoms with Crippen molar-refractivity contribution in [1.29, 1.82) is 5.26 Å². The van der Waals surface area contributed by atoms with Crippen LogP contribution in [0.4, 0.5) is 5.69 Å². The number of thioether (sulfide) groups is 1. The van der Waals surface area contributed by atoms with E-state index >= 15 is 0 Å². The Balaban J connectivity index is 1.57. The first kappa shape index (κ1) is 27.6. The summed E-state index contributed by atoms with van der Waals surface area (Å²) in [6, 6.07) is 21.1. The lowest BCUT2D eigenvalue weighted by Gasteiger charge is -2.28. The second-order valence-corrected chi connectivity index (χ2v) is 10.8. The number of rotatable bonds is 10. The van der Waals surface area contributed by atoms with E-state index in [9.17, 15) is 19.6 Å². The van der Waals surface area contributed by atoms with E-state index in [-0.39, 0.29) is 30.5 Å². The number of nitrogens with zero attached hydrogens (tertiary/aromatic N) is 4. The van der Waals surface area contributed by atoms with Crippen LogP contribution in [0.15, 0.2) is 76.2 Å². The highest BCUT2D eigenvalue weighted by molar-refractivity contribution is 9.10. The maximum atomic E-state index is 13.6. The van der Waals surface area contributed by atoms with E-state index in [4.69, 9.17) is 0 Å². The first-order chi connectivity index (χ1) is 18.4. The van der Waals surface area contributed by atoms with Crippen LogP contribution in [0.5, 0.6) is 0 Å². The predicted octanol–water partition coefficient (Wildman–Crippen LogP) is 5.51. The van der Waals surface area contributed by atoms with Crippen molar-refractivity contribution < 1.29 is 14.4 Å². The van der Waals surface area contributed by atoms with Gasteiger partial charge in [-0.3, -0.25) is 14.4 Å². The van der Waals surface area contributed by atoms with Crippen molar-refractivity contribution in [2.45, 2.75) is 50.2 Å². The number of hydrogen-bond acceptors (Lipinski definition) is 6. The highest BCUT2D eigenvalue weighted by Gasteiger charge is 2.44. The van der Waals surface area contributed by atoms with E-state index in [1.165, 1.54) is 16.7 Å². The van der Waals surface area contributed by atoms with Crippen molar-refractivity contribution >= 4 is 51.1 Å². The molecule has 1 atom stereocenters. The predicted molar refractivity (Wildman–Crippen MR) is 150 cm³/mol. The SMILES string of the molecule is CCCCc1ccc(C#N)c(SCC(=O)N(Cc2ccccc2)C2CC(=O)N(c3ccc(Br)cc3)C2=O)n1. The second kappa shape index (κ2) is 12.9. The average Bonchev–Trinajstić information content (AvgIpc) is 3.23. The Kier molecular flexibility index (Phi) is 9.32. The largest absolute Gasteiger partial charge is 0.325 e. The van der Waals surface area contributed by atoms with E-state index in [0.717, 1.165) is 39.9 Å². The Bertz CT molecular complexity index is 1360. The summed E-state index contributed by atoms with van der Waals surface area (Å²) in [5.41, 5.74) is 2.61. The summed E-state index contributed by atoms with van der Waals surface area (Å²) in [5.74, 6) is -1.09. The zero-order valence-corrected chi connectivity index (χ0v) is 23.4. The van der Waals surface area contributed by atoms with Crippen LogP contribution in [0.25, 0.3) is 0 Å². The van der Waals surface area contributed by atoms with Gasteiger partial charge in [0, 0.05) is 16.7 Å². The van der Waals surface area contributed by atoms with Crippen LogP contribution in [0, 0.1) is 11.3 Å². The average molecular weight is 592 g/mol. The standard InChI is InChI=1S/C29H27BrN4O3S/c1-2-3-9-23-13-10-21(17-31)28(32-23)38-19-27(36)33(18-20-7-5-4-6-8-20)25-16-26(35)34(29(25)37)24-14-11-22(30)12-15-24/h4-8,10-15,25H,2-3,9,16,18-19H2,1H3. The molecule has 38 heavy (non-hydrogen) atoms. The van der Waals surface area contributed by atoms with Gasteiger partial charge in [-0.15, -0.1) is 0 Å². The smallest absolute Gasteiger partial charge is 0.257 e. The van der Waals surface area contributed by atoms with Crippen molar-refractivity contribution in [3.63, 3.8) is 0 Å². The molecule has 0 spiro atoms. The third kappa shape index (κ3) is 6.50. The van der Waals surface area contributed by atoms with Crippen LogP contribution in [0.2, 0.25) is 0 Å². The van der Waals surface area contributed by atoms with Crippen LogP contribution in [0.1, 0.15) is 43.0 Å². The summed E-state index contributed by atoms with van der Waals surface area (Å²) < 4.78 is 0.832. The zero-order valence-electron chi connectivity index (χ0n) is 21.0. The van der Waals surface area contributed by atoms with E-state index < -0.39 is 11.9 Å². The first-order valence-electron chi connectivity index (χ1n) is 12.4. The molecule has 3 amide bonds. The number of aromatic nitrogens is 1. The number of nitriles is 1. The summed E-state index contributed by atoms with van der Waals surface area (Å²) in [6.07, 6.45) is 2.72. The molecule has 2 aromatic carbocycles. The Morgan fingerprint density at radius 2 is 1.87 bits per heavy atom. The van der Waals surface area contributed by atoms with E-state index in [0.29, 0.717) is 16.3 Å². The van der Waals surface area contributed by atoms with Crippen molar-refractivity contribution in [3.05, 3.63) is 88.0 Å². The maximum Gasteiger partial charge on any atom is 0.257 e. The van der Waals surface area contributed by atoms with Gasteiger partial charge in [-0.2, -0.15) is 5.26 Å². The summed E-state index contributed by atoms with van der Waals surface area (Å²) >= 11 is 4.56. The van der Waals surface area contributed by atoms with Crippen LogP contribution in [0.3, 0.4) is 0 Å². The van der Waals surface area contributed by atoms with Gasteiger partial charge in [0.2, 0.25) is 11.8 Å². The minimum atomic E-state index is -0.918. The molecule has 0 saturated carbocycles.